The van der Waals surface area contributed by atoms with Crippen molar-refractivity contribution in [3.8, 4) is 11.3 Å². The Kier molecular flexibility index (Phi) is 5.53. The van der Waals surface area contributed by atoms with Gasteiger partial charge in [-0.3, -0.25) is 4.79 Å². The Labute approximate surface area is 175 Å². The van der Waals surface area contributed by atoms with Gasteiger partial charge in [-0.15, -0.1) is 0 Å². The van der Waals surface area contributed by atoms with Crippen LogP contribution in [0.1, 0.15) is 25.7 Å². The molecule has 0 radical (unpaired) electrons. The highest BCUT2D eigenvalue weighted by molar-refractivity contribution is 6.10. The largest absolute Gasteiger partial charge is 0.481 e. The van der Waals surface area contributed by atoms with Crippen LogP contribution in [0.15, 0.2) is 66.7 Å². The summed E-state index contributed by atoms with van der Waals surface area (Å²) in [6.07, 6.45) is 2.62. The SMILES string of the molecule is Nc1ccc2c(c1)c(-c1ccccc1)[n+](CCCCCC(=O)O)c1cc(N)ccc21. The van der Waals surface area contributed by atoms with Crippen molar-refractivity contribution < 1.29 is 14.5 Å². The summed E-state index contributed by atoms with van der Waals surface area (Å²) in [5, 5.41) is 12.3. The third kappa shape index (κ3) is 3.92. The van der Waals surface area contributed by atoms with E-state index in [-0.39, 0.29) is 6.42 Å². The van der Waals surface area contributed by atoms with E-state index in [1.807, 2.05) is 42.5 Å². The molecule has 5 N–H and O–H groups in total. The summed E-state index contributed by atoms with van der Waals surface area (Å²) >= 11 is 0. The molecule has 0 amide bonds. The highest BCUT2D eigenvalue weighted by Crippen LogP contribution is 2.33. The molecular formula is C25H26N3O2+. The van der Waals surface area contributed by atoms with Crippen molar-refractivity contribution >= 4 is 39.0 Å². The molecule has 0 bridgehead atoms. The quantitative estimate of drug-likeness (QED) is 0.180. The molecule has 1 aromatic heterocycles. The van der Waals surface area contributed by atoms with Crippen LogP contribution < -0.4 is 16.0 Å². The number of carboxylic acids is 1. The summed E-state index contributed by atoms with van der Waals surface area (Å²) in [5.74, 6) is -0.743. The number of carbonyl (C=O) groups is 1. The van der Waals surface area contributed by atoms with E-state index >= 15 is 0 Å². The van der Waals surface area contributed by atoms with Gasteiger partial charge in [0.25, 0.3) is 0 Å². The first-order valence-electron chi connectivity index (χ1n) is 10.3. The lowest BCUT2D eigenvalue weighted by atomic mass is 9.98. The molecule has 0 spiro atoms. The van der Waals surface area contributed by atoms with Crippen LogP contribution in [0.4, 0.5) is 11.4 Å². The van der Waals surface area contributed by atoms with Crippen molar-refractivity contribution in [1.82, 2.24) is 0 Å². The third-order valence-electron chi connectivity index (χ3n) is 5.49. The summed E-state index contributed by atoms with van der Waals surface area (Å²) in [6.45, 7) is 0.772. The molecule has 0 unspecified atom stereocenters. The average Bonchev–Trinajstić information content (AvgIpc) is 2.73. The number of pyridine rings is 1. The molecule has 0 aliphatic heterocycles. The lowest BCUT2D eigenvalue weighted by Gasteiger charge is -2.13. The molecule has 152 valence electrons. The van der Waals surface area contributed by atoms with Gasteiger partial charge in [0.2, 0.25) is 11.2 Å². The van der Waals surface area contributed by atoms with Crippen LogP contribution in [0, 0.1) is 0 Å². The van der Waals surface area contributed by atoms with Gasteiger partial charge in [-0.1, -0.05) is 24.3 Å². The van der Waals surface area contributed by atoms with Gasteiger partial charge in [0, 0.05) is 41.2 Å². The molecule has 0 aliphatic rings. The Hall–Kier alpha value is -3.60. The fourth-order valence-corrected chi connectivity index (χ4v) is 4.12. The van der Waals surface area contributed by atoms with Gasteiger partial charge in [0.15, 0.2) is 0 Å². The number of anilines is 2. The monoisotopic (exact) mass is 400 g/mol. The number of aromatic nitrogens is 1. The second-order valence-electron chi connectivity index (χ2n) is 7.65. The predicted molar refractivity (Wildman–Crippen MR) is 122 cm³/mol. The molecular weight excluding hydrogens is 374 g/mol. The number of unbranched alkanes of at least 4 members (excludes halogenated alkanes) is 2. The van der Waals surface area contributed by atoms with Gasteiger partial charge in [-0.25, -0.2) is 0 Å². The third-order valence-corrected chi connectivity index (χ3v) is 5.49. The van der Waals surface area contributed by atoms with Crippen LogP contribution in [0.3, 0.4) is 0 Å². The second-order valence-corrected chi connectivity index (χ2v) is 7.65. The summed E-state index contributed by atoms with van der Waals surface area (Å²) in [7, 11) is 0. The number of nitrogens with two attached hydrogens (primary N) is 2. The van der Waals surface area contributed by atoms with E-state index in [0.717, 1.165) is 63.7 Å². The molecule has 3 aromatic carbocycles. The maximum Gasteiger partial charge on any atom is 0.303 e. The molecule has 5 nitrogen and oxygen atoms in total. The number of rotatable bonds is 7. The highest BCUT2D eigenvalue weighted by Gasteiger charge is 2.23. The molecule has 0 fully saturated rings. The minimum atomic E-state index is -0.743. The summed E-state index contributed by atoms with van der Waals surface area (Å²) in [5.41, 5.74) is 17.1. The zero-order valence-corrected chi connectivity index (χ0v) is 16.8. The maximum absolute atomic E-state index is 10.8. The molecule has 1 heterocycles. The Bertz CT molecular complexity index is 1220. The van der Waals surface area contributed by atoms with E-state index in [4.69, 9.17) is 16.6 Å². The number of aliphatic carboxylic acids is 1. The lowest BCUT2D eigenvalue weighted by molar-refractivity contribution is -0.659. The number of hydrogen-bond acceptors (Lipinski definition) is 3. The van der Waals surface area contributed by atoms with E-state index < -0.39 is 5.97 Å². The van der Waals surface area contributed by atoms with Gasteiger partial charge in [-0.05, 0) is 49.2 Å². The van der Waals surface area contributed by atoms with Crippen molar-refractivity contribution in [2.24, 2.45) is 0 Å². The van der Waals surface area contributed by atoms with Crippen molar-refractivity contribution in [1.29, 1.82) is 0 Å². The van der Waals surface area contributed by atoms with Crippen molar-refractivity contribution in [3.63, 3.8) is 0 Å². The van der Waals surface area contributed by atoms with Gasteiger partial charge >= 0.3 is 5.97 Å². The van der Waals surface area contributed by atoms with Gasteiger partial charge < -0.3 is 16.6 Å². The van der Waals surface area contributed by atoms with E-state index in [2.05, 4.69) is 28.8 Å². The Morgan fingerprint density at radius 2 is 1.50 bits per heavy atom. The molecule has 30 heavy (non-hydrogen) atoms. The topological polar surface area (TPSA) is 93.2 Å². The zero-order chi connectivity index (χ0) is 21.1. The van der Waals surface area contributed by atoms with Crippen molar-refractivity contribution in [2.45, 2.75) is 32.2 Å². The van der Waals surface area contributed by atoms with Gasteiger partial charge in [0.1, 0.15) is 6.54 Å². The predicted octanol–water partition coefficient (Wildman–Crippen LogP) is 4.76. The summed E-state index contributed by atoms with van der Waals surface area (Å²) in [6, 6.07) is 22.4. The molecule has 0 saturated carbocycles. The normalized spacial score (nSPS) is 11.2. The molecule has 0 atom stereocenters. The fourth-order valence-electron chi connectivity index (χ4n) is 4.12. The lowest BCUT2D eigenvalue weighted by Crippen LogP contribution is -2.37. The van der Waals surface area contributed by atoms with Crippen LogP contribution in [0.2, 0.25) is 0 Å². The molecule has 4 rings (SSSR count). The number of benzene rings is 3. The van der Waals surface area contributed by atoms with E-state index in [1.54, 1.807) is 0 Å². The number of hydrogen-bond donors (Lipinski definition) is 3. The van der Waals surface area contributed by atoms with E-state index in [1.165, 1.54) is 0 Å². The van der Waals surface area contributed by atoms with Gasteiger partial charge in [0.05, 0.1) is 10.8 Å². The second kappa shape index (κ2) is 8.41. The standard InChI is InChI=1S/C25H25N3O2/c26-18-10-12-20-21-13-11-19(27)16-23(21)28(14-6-2-5-9-24(29)30)25(22(20)15-18)17-7-3-1-4-8-17/h1,3-4,7-8,10-13,15-16,27H,2,5-6,9,14,26H2,(H,29,30)/p+1. The molecule has 0 aliphatic carbocycles. The van der Waals surface area contributed by atoms with E-state index in [0.29, 0.717) is 6.42 Å². The van der Waals surface area contributed by atoms with E-state index in [9.17, 15) is 4.79 Å². The Morgan fingerprint density at radius 1 is 0.800 bits per heavy atom. The number of fused-ring (bicyclic) bond motifs is 3. The first kappa shape index (κ1) is 19.7. The molecule has 4 aromatic rings. The fraction of sp³-hybridized carbons (Fsp3) is 0.200. The Balaban J connectivity index is 1.92. The van der Waals surface area contributed by atoms with Crippen LogP contribution >= 0.6 is 0 Å². The zero-order valence-electron chi connectivity index (χ0n) is 16.8. The van der Waals surface area contributed by atoms with Crippen LogP contribution in [-0.4, -0.2) is 11.1 Å². The number of aryl methyl sites for hydroxylation is 1. The number of nitrogens with zero attached hydrogens (tertiary/aromatic N) is 1. The average molecular weight is 401 g/mol. The Morgan fingerprint density at radius 3 is 2.23 bits per heavy atom. The molecule has 0 saturated heterocycles. The first-order valence-corrected chi connectivity index (χ1v) is 10.3. The minimum Gasteiger partial charge on any atom is -0.481 e. The van der Waals surface area contributed by atoms with Crippen molar-refractivity contribution in [3.05, 3.63) is 66.7 Å². The van der Waals surface area contributed by atoms with Crippen molar-refractivity contribution in [2.75, 3.05) is 11.5 Å². The number of carboxylic acid groups (broad SMARTS) is 1. The summed E-state index contributed by atoms with van der Waals surface area (Å²) < 4.78 is 2.31. The first-order chi connectivity index (χ1) is 14.5. The molecule has 5 heteroatoms. The van der Waals surface area contributed by atoms with Crippen LogP contribution in [-0.2, 0) is 11.3 Å². The summed E-state index contributed by atoms with van der Waals surface area (Å²) in [4.78, 5) is 10.8. The maximum atomic E-state index is 10.8. The highest BCUT2D eigenvalue weighted by atomic mass is 16.4. The van der Waals surface area contributed by atoms with Crippen LogP contribution in [0.5, 0.6) is 0 Å². The smallest absolute Gasteiger partial charge is 0.303 e. The van der Waals surface area contributed by atoms with Crippen LogP contribution in [0.25, 0.3) is 32.9 Å². The minimum absolute atomic E-state index is 0.207. The van der Waals surface area contributed by atoms with Gasteiger partial charge in [-0.2, -0.15) is 4.57 Å². The number of nitrogen functional groups attached to an aromatic ring is 2.